The van der Waals surface area contributed by atoms with Crippen LogP contribution in [0.4, 0.5) is 0 Å². The van der Waals surface area contributed by atoms with E-state index in [2.05, 4.69) is 38.7 Å². The lowest BCUT2D eigenvalue weighted by atomic mass is 9.90. The van der Waals surface area contributed by atoms with Gasteiger partial charge in [0.2, 0.25) is 0 Å². The molecule has 0 aromatic carbocycles. The lowest BCUT2D eigenvalue weighted by Crippen LogP contribution is -2.33. The molecule has 0 aliphatic carbocycles. The molecule has 0 aliphatic heterocycles. The zero-order chi connectivity index (χ0) is 11.5. The normalized spacial score (nSPS) is 11.5. The molecule has 0 fully saturated rings. The number of nitrogens with one attached hydrogen (secondary N) is 1. The van der Waals surface area contributed by atoms with Gasteiger partial charge in [-0.3, -0.25) is 4.79 Å². The van der Waals surface area contributed by atoms with Gasteiger partial charge in [-0.2, -0.15) is 0 Å². The van der Waals surface area contributed by atoms with Gasteiger partial charge in [0, 0.05) is 16.8 Å². The predicted octanol–water partition coefficient (Wildman–Crippen LogP) is 3.20. The monoisotopic (exact) mass is 243 g/mol. The molecule has 1 N–H and O–H groups in total. The summed E-state index contributed by atoms with van der Waals surface area (Å²) in [5, 5.41) is 4.81. The molecule has 0 radical (unpaired) electrons. The Hall–Kier alpha value is -0.480. The first-order valence-corrected chi connectivity index (χ1v) is 6.33. The molecule has 1 heterocycles. The van der Waals surface area contributed by atoms with E-state index in [9.17, 15) is 4.79 Å². The highest BCUT2D eigenvalue weighted by atomic mass is 32.1. The van der Waals surface area contributed by atoms with Crippen LogP contribution in [0.25, 0.3) is 0 Å². The molecular formula is C11H17NOS2. The molecule has 1 aromatic heterocycles. The molecule has 0 unspecified atom stereocenters. The zero-order valence-corrected chi connectivity index (χ0v) is 11.0. The highest BCUT2D eigenvalue weighted by Crippen LogP contribution is 2.20. The topological polar surface area (TPSA) is 29.1 Å². The summed E-state index contributed by atoms with van der Waals surface area (Å²) in [5.41, 5.74) is 0.163. The van der Waals surface area contributed by atoms with Crippen LogP contribution in [0.15, 0.2) is 16.3 Å². The first kappa shape index (κ1) is 12.6. The van der Waals surface area contributed by atoms with Gasteiger partial charge in [0.1, 0.15) is 0 Å². The molecule has 0 saturated heterocycles. The zero-order valence-electron chi connectivity index (χ0n) is 9.33. The molecule has 1 rings (SSSR count). The lowest BCUT2D eigenvalue weighted by molar-refractivity contribution is 0.0939. The molecule has 0 aliphatic rings. The molecule has 1 aromatic rings. The quantitative estimate of drug-likeness (QED) is 0.781. The van der Waals surface area contributed by atoms with Crippen molar-refractivity contribution in [2.24, 2.45) is 5.41 Å². The molecule has 2 nitrogen and oxygen atoms in total. The van der Waals surface area contributed by atoms with Crippen LogP contribution in [0.5, 0.6) is 0 Å². The Kier molecular flexibility index (Phi) is 4.22. The standard InChI is InChI=1S/C11H17NOS2/c1-4-11(2,3)7-12-10(13)9-5-8(14)6-15-9/h5-6,14H,4,7H2,1-3H3,(H,12,13). The third-order valence-electron chi connectivity index (χ3n) is 2.49. The van der Waals surface area contributed by atoms with Crippen LogP contribution < -0.4 is 5.32 Å². The largest absolute Gasteiger partial charge is 0.351 e. The highest BCUT2D eigenvalue weighted by Gasteiger charge is 2.17. The number of thiophene rings is 1. The first-order chi connectivity index (χ1) is 6.94. The molecule has 1 amide bonds. The number of amides is 1. The second kappa shape index (κ2) is 5.03. The summed E-state index contributed by atoms with van der Waals surface area (Å²) in [6.07, 6.45) is 1.05. The highest BCUT2D eigenvalue weighted by molar-refractivity contribution is 7.80. The van der Waals surface area contributed by atoms with E-state index in [1.165, 1.54) is 11.3 Å². The van der Waals surface area contributed by atoms with Crippen molar-refractivity contribution in [2.75, 3.05) is 6.54 Å². The number of carbonyl (C=O) groups is 1. The maximum absolute atomic E-state index is 11.7. The minimum absolute atomic E-state index is 0.00169. The van der Waals surface area contributed by atoms with Crippen LogP contribution >= 0.6 is 24.0 Å². The second-order valence-corrected chi connectivity index (χ2v) is 5.80. The molecule has 84 valence electrons. The Morgan fingerprint density at radius 3 is 2.73 bits per heavy atom. The number of hydrogen-bond acceptors (Lipinski definition) is 3. The van der Waals surface area contributed by atoms with Crippen LogP contribution in [-0.2, 0) is 0 Å². The Morgan fingerprint density at radius 2 is 2.27 bits per heavy atom. The van der Waals surface area contributed by atoms with E-state index in [0.29, 0.717) is 6.54 Å². The van der Waals surface area contributed by atoms with Gasteiger partial charge in [-0.1, -0.05) is 20.8 Å². The van der Waals surface area contributed by atoms with Crippen LogP contribution in [0.1, 0.15) is 36.9 Å². The first-order valence-electron chi connectivity index (χ1n) is 5.00. The molecule has 0 bridgehead atoms. The van der Waals surface area contributed by atoms with Crippen molar-refractivity contribution in [1.82, 2.24) is 5.32 Å². The predicted molar refractivity (Wildman–Crippen MR) is 68.0 cm³/mol. The summed E-state index contributed by atoms with van der Waals surface area (Å²) >= 11 is 5.60. The van der Waals surface area contributed by atoms with Crippen molar-refractivity contribution in [3.63, 3.8) is 0 Å². The van der Waals surface area contributed by atoms with Gasteiger partial charge in [-0.05, 0) is 17.9 Å². The van der Waals surface area contributed by atoms with Crippen LogP contribution in [0.2, 0.25) is 0 Å². The van der Waals surface area contributed by atoms with Crippen molar-refractivity contribution in [3.8, 4) is 0 Å². The average molecular weight is 243 g/mol. The summed E-state index contributed by atoms with van der Waals surface area (Å²) in [6.45, 7) is 7.13. The lowest BCUT2D eigenvalue weighted by Gasteiger charge is -2.22. The van der Waals surface area contributed by atoms with E-state index in [0.717, 1.165) is 16.2 Å². The van der Waals surface area contributed by atoms with Crippen LogP contribution in [0, 0.1) is 5.41 Å². The van der Waals surface area contributed by atoms with Crippen LogP contribution in [0.3, 0.4) is 0 Å². The maximum atomic E-state index is 11.7. The summed E-state index contributed by atoms with van der Waals surface area (Å²) in [4.78, 5) is 13.3. The van der Waals surface area contributed by atoms with Crippen molar-refractivity contribution >= 4 is 29.9 Å². The van der Waals surface area contributed by atoms with Gasteiger partial charge < -0.3 is 5.32 Å². The molecule has 0 atom stereocenters. The number of carbonyl (C=O) groups excluding carboxylic acids is 1. The van der Waals surface area contributed by atoms with E-state index >= 15 is 0 Å². The van der Waals surface area contributed by atoms with E-state index in [-0.39, 0.29) is 11.3 Å². The molecule has 15 heavy (non-hydrogen) atoms. The summed E-state index contributed by atoms with van der Waals surface area (Å²) in [6, 6.07) is 1.79. The smallest absolute Gasteiger partial charge is 0.261 e. The third kappa shape index (κ3) is 3.87. The van der Waals surface area contributed by atoms with Crippen molar-refractivity contribution < 1.29 is 4.79 Å². The van der Waals surface area contributed by atoms with E-state index < -0.39 is 0 Å². The molecular weight excluding hydrogens is 226 g/mol. The SMILES string of the molecule is CCC(C)(C)CNC(=O)c1cc(S)cs1. The van der Waals surface area contributed by atoms with Gasteiger partial charge in [0.15, 0.2) is 0 Å². The fourth-order valence-electron chi connectivity index (χ4n) is 0.977. The van der Waals surface area contributed by atoms with Gasteiger partial charge >= 0.3 is 0 Å². The van der Waals surface area contributed by atoms with Gasteiger partial charge in [-0.25, -0.2) is 0 Å². The van der Waals surface area contributed by atoms with E-state index in [1.54, 1.807) is 6.07 Å². The summed E-state index contributed by atoms with van der Waals surface area (Å²) in [7, 11) is 0. The van der Waals surface area contributed by atoms with E-state index in [1.807, 2.05) is 5.38 Å². The van der Waals surface area contributed by atoms with Crippen LogP contribution in [-0.4, -0.2) is 12.5 Å². The Labute approximate surface area is 100 Å². The van der Waals surface area contributed by atoms with Gasteiger partial charge in [0.05, 0.1) is 4.88 Å². The Morgan fingerprint density at radius 1 is 1.60 bits per heavy atom. The summed E-state index contributed by atoms with van der Waals surface area (Å²) < 4.78 is 0. The minimum atomic E-state index is 0.00169. The summed E-state index contributed by atoms with van der Waals surface area (Å²) in [5.74, 6) is 0.00169. The number of hydrogen-bond donors (Lipinski definition) is 2. The average Bonchev–Trinajstić information content (AvgIpc) is 2.61. The second-order valence-electron chi connectivity index (χ2n) is 4.37. The van der Waals surface area contributed by atoms with E-state index in [4.69, 9.17) is 0 Å². The minimum Gasteiger partial charge on any atom is -0.351 e. The molecule has 4 heteroatoms. The van der Waals surface area contributed by atoms with Crippen molar-refractivity contribution in [3.05, 3.63) is 16.3 Å². The Bertz CT molecular complexity index is 344. The van der Waals surface area contributed by atoms with Gasteiger partial charge in [0.25, 0.3) is 5.91 Å². The Balaban J connectivity index is 2.50. The molecule has 0 saturated carbocycles. The molecule has 0 spiro atoms. The third-order valence-corrected chi connectivity index (χ3v) is 3.86. The number of rotatable bonds is 4. The fourth-order valence-corrected chi connectivity index (χ4v) is 2.04. The van der Waals surface area contributed by atoms with Crippen molar-refractivity contribution in [2.45, 2.75) is 32.1 Å². The maximum Gasteiger partial charge on any atom is 0.261 e. The fraction of sp³-hybridized carbons (Fsp3) is 0.545. The van der Waals surface area contributed by atoms with Gasteiger partial charge in [-0.15, -0.1) is 24.0 Å². The number of thiol groups is 1. The van der Waals surface area contributed by atoms with Crippen molar-refractivity contribution in [1.29, 1.82) is 0 Å².